The average Bonchev–Trinajstić information content (AvgIpc) is 3.00. The van der Waals surface area contributed by atoms with Gasteiger partial charge in [-0.05, 0) is 17.7 Å². The zero-order valence-electron chi connectivity index (χ0n) is 12.5. The second kappa shape index (κ2) is 6.99. The molecule has 0 amide bonds. The fraction of sp³-hybridized carbons (Fsp3) is 0.118. The van der Waals surface area contributed by atoms with Crippen molar-refractivity contribution in [3.63, 3.8) is 0 Å². The van der Waals surface area contributed by atoms with Crippen LogP contribution in [0.2, 0.25) is 0 Å². The van der Waals surface area contributed by atoms with Gasteiger partial charge in [-0.2, -0.15) is 5.26 Å². The van der Waals surface area contributed by atoms with Crippen molar-refractivity contribution >= 4 is 33.3 Å². The van der Waals surface area contributed by atoms with E-state index in [0.29, 0.717) is 21.9 Å². The van der Waals surface area contributed by atoms with E-state index in [4.69, 9.17) is 5.26 Å². The number of benzene rings is 1. The Kier molecular flexibility index (Phi) is 4.79. The smallest absolute Gasteiger partial charge is 0.263 e. The molecule has 0 fully saturated rings. The maximum Gasteiger partial charge on any atom is 0.263 e. The molecule has 0 aliphatic heterocycles. The van der Waals surface area contributed by atoms with Crippen LogP contribution < -0.4 is 5.56 Å². The van der Waals surface area contributed by atoms with Crippen LogP contribution in [-0.4, -0.2) is 15.3 Å². The predicted octanol–water partition coefficient (Wildman–Crippen LogP) is 4.07. The third-order valence-electron chi connectivity index (χ3n) is 3.39. The molecule has 0 radical (unpaired) electrons. The molecule has 0 aliphatic carbocycles. The van der Waals surface area contributed by atoms with Gasteiger partial charge < -0.3 is 0 Å². The lowest BCUT2D eigenvalue weighted by molar-refractivity contribution is 0.628. The zero-order chi connectivity index (χ0) is 17.1. The SMILES string of the molecule is C=CCn1c(SCC#N)nc2scc(-c3ccc(F)cc3)c2c1=O. The first kappa shape index (κ1) is 16.4. The molecule has 7 heteroatoms. The molecule has 1 aromatic carbocycles. The molecule has 0 saturated carbocycles. The molecule has 3 rings (SSSR count). The van der Waals surface area contributed by atoms with Gasteiger partial charge in [-0.3, -0.25) is 9.36 Å². The highest BCUT2D eigenvalue weighted by molar-refractivity contribution is 7.99. The second-order valence-electron chi connectivity index (χ2n) is 4.88. The van der Waals surface area contributed by atoms with Crippen molar-refractivity contribution in [1.29, 1.82) is 5.26 Å². The van der Waals surface area contributed by atoms with Crippen LogP contribution in [0.3, 0.4) is 0 Å². The number of hydrogen-bond acceptors (Lipinski definition) is 5. The molecule has 2 heterocycles. The van der Waals surface area contributed by atoms with Crippen LogP contribution in [0.1, 0.15) is 0 Å². The highest BCUT2D eigenvalue weighted by Crippen LogP contribution is 2.32. The molecular weight excluding hydrogens is 345 g/mol. The molecule has 0 aliphatic rings. The Hall–Kier alpha value is -2.43. The first-order valence-electron chi connectivity index (χ1n) is 7.04. The third kappa shape index (κ3) is 2.98. The molecule has 120 valence electrons. The van der Waals surface area contributed by atoms with E-state index in [2.05, 4.69) is 11.6 Å². The van der Waals surface area contributed by atoms with Gasteiger partial charge in [-0.1, -0.05) is 30.0 Å². The summed E-state index contributed by atoms with van der Waals surface area (Å²) < 4.78 is 14.7. The Morgan fingerprint density at radius 3 is 2.83 bits per heavy atom. The van der Waals surface area contributed by atoms with E-state index in [9.17, 15) is 9.18 Å². The van der Waals surface area contributed by atoms with Crippen molar-refractivity contribution in [2.24, 2.45) is 0 Å². The van der Waals surface area contributed by atoms with E-state index in [1.165, 1.54) is 39.8 Å². The number of thioether (sulfide) groups is 1. The third-order valence-corrected chi connectivity index (χ3v) is 5.11. The van der Waals surface area contributed by atoms with Crippen LogP contribution in [-0.2, 0) is 6.54 Å². The molecule has 0 spiro atoms. The number of hydrogen-bond donors (Lipinski definition) is 0. The van der Waals surface area contributed by atoms with Crippen LogP contribution >= 0.6 is 23.1 Å². The Morgan fingerprint density at radius 2 is 2.17 bits per heavy atom. The quantitative estimate of drug-likeness (QED) is 0.392. The summed E-state index contributed by atoms with van der Waals surface area (Å²) in [5.74, 6) is -0.110. The first-order chi connectivity index (χ1) is 11.7. The van der Waals surface area contributed by atoms with Crippen molar-refractivity contribution in [3.8, 4) is 17.2 Å². The van der Waals surface area contributed by atoms with Gasteiger partial charge in [0, 0.05) is 17.5 Å². The summed E-state index contributed by atoms with van der Waals surface area (Å²) in [5, 5.41) is 11.6. The fourth-order valence-electron chi connectivity index (χ4n) is 2.34. The normalized spacial score (nSPS) is 10.7. The summed E-state index contributed by atoms with van der Waals surface area (Å²) in [5.41, 5.74) is 1.33. The molecule has 24 heavy (non-hydrogen) atoms. The van der Waals surface area contributed by atoms with Gasteiger partial charge in [0.2, 0.25) is 0 Å². The van der Waals surface area contributed by atoms with Gasteiger partial charge in [0.25, 0.3) is 5.56 Å². The minimum atomic E-state index is -0.323. The van der Waals surface area contributed by atoms with Crippen molar-refractivity contribution < 1.29 is 4.39 Å². The number of thiophene rings is 1. The lowest BCUT2D eigenvalue weighted by Gasteiger charge is -2.09. The number of allylic oxidation sites excluding steroid dienone is 1. The van der Waals surface area contributed by atoms with Gasteiger partial charge in [0.1, 0.15) is 10.6 Å². The standard InChI is InChI=1S/C17H12FN3OS2/c1-2-8-21-16(22)14-13(11-3-5-12(18)6-4-11)10-24-15(14)20-17(21)23-9-7-19/h2-6,10H,1,8-9H2. The molecule has 0 N–H and O–H groups in total. The number of halogens is 1. The van der Waals surface area contributed by atoms with Crippen molar-refractivity contribution in [2.75, 3.05) is 5.75 Å². The van der Waals surface area contributed by atoms with Crippen LogP contribution in [0.5, 0.6) is 0 Å². The molecule has 0 bridgehead atoms. The van der Waals surface area contributed by atoms with E-state index in [1.807, 2.05) is 11.4 Å². The number of nitriles is 1. The van der Waals surface area contributed by atoms with E-state index in [0.717, 1.165) is 11.1 Å². The van der Waals surface area contributed by atoms with Gasteiger partial charge in [0.15, 0.2) is 5.16 Å². The summed E-state index contributed by atoms with van der Waals surface area (Å²) in [7, 11) is 0. The molecule has 3 aromatic rings. The number of aromatic nitrogens is 2. The number of rotatable bonds is 5. The summed E-state index contributed by atoms with van der Waals surface area (Å²) in [4.78, 5) is 18.1. The Labute approximate surface area is 145 Å². The summed E-state index contributed by atoms with van der Waals surface area (Å²) in [6.45, 7) is 3.99. The largest absolute Gasteiger partial charge is 0.283 e. The van der Waals surface area contributed by atoms with Gasteiger partial charge in [0.05, 0.1) is 17.2 Å². The number of nitrogens with zero attached hydrogens (tertiary/aromatic N) is 3. The van der Waals surface area contributed by atoms with E-state index >= 15 is 0 Å². The summed E-state index contributed by atoms with van der Waals surface area (Å²) in [6, 6.07) is 8.06. The topological polar surface area (TPSA) is 58.7 Å². The summed E-state index contributed by atoms with van der Waals surface area (Å²) in [6.07, 6.45) is 1.62. The maximum atomic E-state index is 13.1. The van der Waals surface area contributed by atoms with Gasteiger partial charge >= 0.3 is 0 Å². The molecule has 2 aromatic heterocycles. The van der Waals surface area contributed by atoms with Crippen molar-refractivity contribution in [3.05, 3.63) is 58.5 Å². The van der Waals surface area contributed by atoms with E-state index in [-0.39, 0.29) is 17.1 Å². The number of fused-ring (bicyclic) bond motifs is 1. The molecular formula is C17H12FN3OS2. The highest BCUT2D eigenvalue weighted by atomic mass is 32.2. The minimum absolute atomic E-state index is 0.180. The molecule has 0 unspecified atom stereocenters. The predicted molar refractivity (Wildman–Crippen MR) is 95.8 cm³/mol. The summed E-state index contributed by atoms with van der Waals surface area (Å²) >= 11 is 2.58. The fourth-order valence-corrected chi connectivity index (χ4v) is 4.00. The lowest BCUT2D eigenvalue weighted by Crippen LogP contribution is -2.22. The van der Waals surface area contributed by atoms with Gasteiger partial charge in [-0.15, -0.1) is 17.9 Å². The monoisotopic (exact) mass is 357 g/mol. The van der Waals surface area contributed by atoms with Crippen LogP contribution in [0.4, 0.5) is 4.39 Å². The van der Waals surface area contributed by atoms with E-state index in [1.54, 1.807) is 18.2 Å². The Balaban J connectivity index is 2.23. The van der Waals surface area contributed by atoms with Crippen LogP contribution in [0.25, 0.3) is 21.3 Å². The van der Waals surface area contributed by atoms with Crippen LogP contribution in [0.15, 0.2) is 52.3 Å². The average molecular weight is 357 g/mol. The van der Waals surface area contributed by atoms with E-state index < -0.39 is 0 Å². The Bertz CT molecular complexity index is 1000. The zero-order valence-corrected chi connectivity index (χ0v) is 14.2. The van der Waals surface area contributed by atoms with Gasteiger partial charge in [-0.25, -0.2) is 9.37 Å². The first-order valence-corrected chi connectivity index (χ1v) is 8.91. The lowest BCUT2D eigenvalue weighted by atomic mass is 10.1. The minimum Gasteiger partial charge on any atom is -0.283 e. The Morgan fingerprint density at radius 1 is 1.42 bits per heavy atom. The van der Waals surface area contributed by atoms with Crippen LogP contribution in [0, 0.1) is 17.1 Å². The highest BCUT2D eigenvalue weighted by Gasteiger charge is 2.16. The maximum absolute atomic E-state index is 13.1. The molecule has 4 nitrogen and oxygen atoms in total. The molecule has 0 saturated heterocycles. The van der Waals surface area contributed by atoms with Crippen molar-refractivity contribution in [2.45, 2.75) is 11.7 Å². The second-order valence-corrected chi connectivity index (χ2v) is 6.68. The van der Waals surface area contributed by atoms with Crippen molar-refractivity contribution in [1.82, 2.24) is 9.55 Å². The molecule has 0 atom stereocenters.